The van der Waals surface area contributed by atoms with Crippen LogP contribution in [0.2, 0.25) is 0 Å². The van der Waals surface area contributed by atoms with Crippen LogP contribution in [0.3, 0.4) is 0 Å². The average Bonchev–Trinajstić information content (AvgIpc) is 2.89. The lowest BCUT2D eigenvalue weighted by Crippen LogP contribution is -2.26. The third-order valence-electron chi connectivity index (χ3n) is 3.65. The van der Waals surface area contributed by atoms with Crippen molar-refractivity contribution in [3.8, 4) is 0 Å². The molecule has 0 aromatic heterocycles. The van der Waals surface area contributed by atoms with Gasteiger partial charge in [-0.1, -0.05) is 17.7 Å². The molecule has 0 spiro atoms. The zero-order valence-electron chi connectivity index (χ0n) is 12.5. The molecule has 0 unspecified atom stereocenters. The van der Waals surface area contributed by atoms with E-state index in [1.807, 2.05) is 32.9 Å². The molecule has 3 atom stereocenters. The minimum Gasteiger partial charge on any atom is -0.459 e. The van der Waals surface area contributed by atoms with Gasteiger partial charge in [-0.2, -0.15) is 0 Å². The molecule has 0 N–H and O–H groups in total. The first-order valence-electron chi connectivity index (χ1n) is 7.18. The topological polar surface area (TPSA) is 54.0 Å². The quantitative estimate of drug-likeness (QED) is 0.801. The first kappa shape index (κ1) is 14.5. The standard InChI is InChI=1S/C16H20O5/c1-10-4-6-11(7-5-10)14(17)18-9-12-8-13-15(19-12)21-16(2,3)20-13/h4-7,12-13,15H,8-9H2,1-3H3/t12-,13+,15+/m0/s1. The van der Waals surface area contributed by atoms with Gasteiger partial charge in [0, 0.05) is 6.42 Å². The number of carbonyl (C=O) groups is 1. The van der Waals surface area contributed by atoms with Crippen LogP contribution in [-0.4, -0.2) is 36.9 Å². The van der Waals surface area contributed by atoms with E-state index in [1.54, 1.807) is 12.1 Å². The number of carbonyl (C=O) groups excluding carboxylic acids is 1. The van der Waals surface area contributed by atoms with Crippen molar-refractivity contribution < 1.29 is 23.7 Å². The highest BCUT2D eigenvalue weighted by atomic mass is 16.8. The van der Waals surface area contributed by atoms with Crippen LogP contribution in [0.15, 0.2) is 24.3 Å². The molecule has 0 amide bonds. The Morgan fingerprint density at radius 3 is 2.67 bits per heavy atom. The number of ether oxygens (including phenoxy) is 4. The molecule has 2 aliphatic heterocycles. The van der Waals surface area contributed by atoms with E-state index in [4.69, 9.17) is 18.9 Å². The fraction of sp³-hybridized carbons (Fsp3) is 0.562. The van der Waals surface area contributed by atoms with Crippen molar-refractivity contribution in [3.63, 3.8) is 0 Å². The Kier molecular flexibility index (Phi) is 3.73. The number of hydrogen-bond acceptors (Lipinski definition) is 5. The minimum atomic E-state index is -0.598. The molecule has 0 radical (unpaired) electrons. The monoisotopic (exact) mass is 292 g/mol. The molecule has 1 aromatic carbocycles. The molecule has 0 bridgehead atoms. The summed E-state index contributed by atoms with van der Waals surface area (Å²) in [6.45, 7) is 5.91. The summed E-state index contributed by atoms with van der Waals surface area (Å²) in [7, 11) is 0. The molecule has 0 aliphatic carbocycles. The summed E-state index contributed by atoms with van der Waals surface area (Å²) in [5, 5.41) is 0. The Morgan fingerprint density at radius 2 is 2.00 bits per heavy atom. The maximum atomic E-state index is 11.9. The SMILES string of the molecule is Cc1ccc(C(=O)OC[C@@H]2C[C@H]3OC(C)(C)O[C@H]3O2)cc1. The molecule has 2 heterocycles. The van der Waals surface area contributed by atoms with Crippen molar-refractivity contribution in [2.45, 2.75) is 51.5 Å². The van der Waals surface area contributed by atoms with E-state index < -0.39 is 5.79 Å². The second-order valence-corrected chi connectivity index (χ2v) is 6.00. The largest absolute Gasteiger partial charge is 0.459 e. The van der Waals surface area contributed by atoms with Crippen LogP contribution in [-0.2, 0) is 18.9 Å². The van der Waals surface area contributed by atoms with E-state index in [0.717, 1.165) is 5.56 Å². The zero-order valence-corrected chi connectivity index (χ0v) is 12.5. The van der Waals surface area contributed by atoms with E-state index >= 15 is 0 Å². The predicted octanol–water partition coefficient (Wildman–Crippen LogP) is 2.42. The van der Waals surface area contributed by atoms with Gasteiger partial charge in [0.1, 0.15) is 12.7 Å². The van der Waals surface area contributed by atoms with Gasteiger partial charge in [0.05, 0.1) is 11.7 Å². The highest BCUT2D eigenvalue weighted by Gasteiger charge is 2.48. The Morgan fingerprint density at radius 1 is 1.29 bits per heavy atom. The van der Waals surface area contributed by atoms with Crippen LogP contribution in [0, 0.1) is 6.92 Å². The number of aryl methyl sites for hydroxylation is 1. The van der Waals surface area contributed by atoms with Gasteiger partial charge >= 0.3 is 5.97 Å². The third-order valence-corrected chi connectivity index (χ3v) is 3.65. The lowest BCUT2D eigenvalue weighted by atomic mass is 10.1. The molecule has 3 rings (SSSR count). The van der Waals surface area contributed by atoms with Gasteiger partial charge in [0.15, 0.2) is 12.1 Å². The highest BCUT2D eigenvalue weighted by Crippen LogP contribution is 2.37. The lowest BCUT2D eigenvalue weighted by molar-refractivity contribution is -0.207. The molecule has 2 aliphatic rings. The molecule has 21 heavy (non-hydrogen) atoms. The summed E-state index contributed by atoms with van der Waals surface area (Å²) in [6, 6.07) is 7.29. The van der Waals surface area contributed by atoms with E-state index in [2.05, 4.69) is 0 Å². The first-order chi connectivity index (χ1) is 9.93. The Hall–Kier alpha value is -1.43. The maximum Gasteiger partial charge on any atom is 0.338 e. The van der Waals surface area contributed by atoms with Gasteiger partial charge in [-0.15, -0.1) is 0 Å². The Labute approximate surface area is 124 Å². The van der Waals surface area contributed by atoms with Crippen LogP contribution < -0.4 is 0 Å². The smallest absolute Gasteiger partial charge is 0.338 e. The molecule has 0 saturated carbocycles. The first-order valence-corrected chi connectivity index (χ1v) is 7.18. The van der Waals surface area contributed by atoms with Crippen molar-refractivity contribution in [1.29, 1.82) is 0 Å². The van der Waals surface area contributed by atoms with Crippen molar-refractivity contribution in [3.05, 3.63) is 35.4 Å². The number of fused-ring (bicyclic) bond motifs is 1. The van der Waals surface area contributed by atoms with E-state index in [0.29, 0.717) is 12.0 Å². The summed E-state index contributed by atoms with van der Waals surface area (Å²) >= 11 is 0. The molecule has 114 valence electrons. The molecule has 2 saturated heterocycles. The van der Waals surface area contributed by atoms with Crippen molar-refractivity contribution in [1.82, 2.24) is 0 Å². The number of esters is 1. The fourth-order valence-electron chi connectivity index (χ4n) is 2.63. The van der Waals surface area contributed by atoms with Crippen molar-refractivity contribution in [2.75, 3.05) is 6.61 Å². The molecule has 5 heteroatoms. The fourth-order valence-corrected chi connectivity index (χ4v) is 2.63. The third kappa shape index (κ3) is 3.26. The summed E-state index contributed by atoms with van der Waals surface area (Å²) in [6.07, 6.45) is 0.0617. The van der Waals surface area contributed by atoms with E-state index in [9.17, 15) is 4.79 Å². The second kappa shape index (κ2) is 5.40. The molecule has 2 fully saturated rings. The van der Waals surface area contributed by atoms with Gasteiger partial charge in [-0.3, -0.25) is 0 Å². The maximum absolute atomic E-state index is 11.9. The number of benzene rings is 1. The van der Waals surface area contributed by atoms with Gasteiger partial charge < -0.3 is 18.9 Å². The number of rotatable bonds is 3. The molecular weight excluding hydrogens is 272 g/mol. The summed E-state index contributed by atoms with van der Waals surface area (Å²) in [4.78, 5) is 11.9. The van der Waals surface area contributed by atoms with Gasteiger partial charge in [-0.05, 0) is 32.9 Å². The van der Waals surface area contributed by atoms with Gasteiger partial charge in [0.25, 0.3) is 0 Å². The van der Waals surface area contributed by atoms with Crippen LogP contribution in [0.25, 0.3) is 0 Å². The summed E-state index contributed by atoms with van der Waals surface area (Å²) < 4.78 is 22.3. The van der Waals surface area contributed by atoms with Crippen LogP contribution >= 0.6 is 0 Å². The van der Waals surface area contributed by atoms with Crippen molar-refractivity contribution in [2.24, 2.45) is 0 Å². The number of hydrogen-bond donors (Lipinski definition) is 0. The highest BCUT2D eigenvalue weighted by molar-refractivity contribution is 5.89. The second-order valence-electron chi connectivity index (χ2n) is 6.00. The zero-order chi connectivity index (χ0) is 15.0. The molecule has 1 aromatic rings. The van der Waals surface area contributed by atoms with E-state index in [-0.39, 0.29) is 31.1 Å². The summed E-state index contributed by atoms with van der Waals surface area (Å²) in [5.74, 6) is -0.934. The minimum absolute atomic E-state index is 0.0805. The average molecular weight is 292 g/mol. The lowest BCUT2D eigenvalue weighted by Gasteiger charge is -2.20. The summed E-state index contributed by atoms with van der Waals surface area (Å²) in [5.41, 5.74) is 1.66. The Balaban J connectivity index is 1.49. The normalized spacial score (nSPS) is 30.1. The van der Waals surface area contributed by atoms with Crippen LogP contribution in [0.5, 0.6) is 0 Å². The van der Waals surface area contributed by atoms with Gasteiger partial charge in [-0.25, -0.2) is 4.79 Å². The predicted molar refractivity (Wildman–Crippen MR) is 74.8 cm³/mol. The van der Waals surface area contributed by atoms with Crippen molar-refractivity contribution >= 4 is 5.97 Å². The van der Waals surface area contributed by atoms with Crippen LogP contribution in [0.4, 0.5) is 0 Å². The molecule has 5 nitrogen and oxygen atoms in total. The molecular formula is C16H20O5. The Bertz CT molecular complexity index is 506. The van der Waals surface area contributed by atoms with E-state index in [1.165, 1.54) is 0 Å². The van der Waals surface area contributed by atoms with Crippen LogP contribution in [0.1, 0.15) is 36.2 Å². The van der Waals surface area contributed by atoms with Gasteiger partial charge in [0.2, 0.25) is 0 Å².